The van der Waals surface area contributed by atoms with Crippen LogP contribution in [-0.2, 0) is 18.9 Å². The van der Waals surface area contributed by atoms with Crippen LogP contribution in [-0.4, -0.2) is 16.2 Å². The van der Waals surface area contributed by atoms with E-state index in [0.29, 0.717) is 23.1 Å². The molecule has 2 aromatic rings. The van der Waals surface area contributed by atoms with Crippen molar-refractivity contribution in [3.8, 4) is 0 Å². The van der Waals surface area contributed by atoms with Crippen LogP contribution in [0.1, 0.15) is 16.7 Å². The summed E-state index contributed by atoms with van der Waals surface area (Å²) in [5.41, 5.74) is -2.84. The minimum atomic E-state index is -4.86. The second-order valence-electron chi connectivity index (χ2n) is 4.70. The van der Waals surface area contributed by atoms with Gasteiger partial charge in [-0.05, 0) is 36.1 Å². The van der Waals surface area contributed by atoms with Gasteiger partial charge in [-0.2, -0.15) is 26.3 Å². The molecule has 0 spiro atoms. The fraction of sp³-hybridized carbons (Fsp3) is 0.286. The van der Waals surface area contributed by atoms with Gasteiger partial charge in [0.1, 0.15) is 5.82 Å². The number of rotatable bonds is 4. The first-order valence-corrected chi connectivity index (χ1v) is 7.71. The van der Waals surface area contributed by atoms with E-state index in [0.717, 1.165) is 0 Å². The molecule has 0 unspecified atom stereocenters. The highest BCUT2D eigenvalue weighted by Crippen LogP contribution is 2.36. The molecule has 0 fully saturated rings. The molecule has 10 heteroatoms. The maximum Gasteiger partial charge on any atom is 0.416 e. The van der Waals surface area contributed by atoms with Crippen molar-refractivity contribution >= 4 is 17.6 Å². The van der Waals surface area contributed by atoms with E-state index in [1.165, 1.54) is 24.0 Å². The van der Waals surface area contributed by atoms with Gasteiger partial charge in [-0.3, -0.25) is 0 Å². The van der Waals surface area contributed by atoms with Gasteiger partial charge < -0.3 is 5.32 Å². The highest BCUT2D eigenvalue weighted by molar-refractivity contribution is 7.98. The second kappa shape index (κ2) is 6.88. The van der Waals surface area contributed by atoms with Crippen molar-refractivity contribution in [2.24, 2.45) is 0 Å². The monoisotopic (exact) mass is 367 g/mol. The van der Waals surface area contributed by atoms with Crippen molar-refractivity contribution in [2.75, 3.05) is 11.6 Å². The molecule has 0 saturated carbocycles. The molecule has 130 valence electrons. The Bertz CT molecular complexity index is 682. The standard InChI is InChI=1S/C14H11F6N3S/c1-24-12-21-3-2-11(23-12)22-7-8-4-9(13(15,16)17)6-10(5-8)14(18,19)20/h2-6H,7H2,1H3,(H,21,22,23). The topological polar surface area (TPSA) is 37.8 Å². The van der Waals surface area contributed by atoms with Crippen molar-refractivity contribution in [3.05, 3.63) is 47.2 Å². The van der Waals surface area contributed by atoms with Gasteiger partial charge in [0.15, 0.2) is 5.16 Å². The van der Waals surface area contributed by atoms with Crippen molar-refractivity contribution in [1.82, 2.24) is 9.97 Å². The summed E-state index contributed by atoms with van der Waals surface area (Å²) in [5.74, 6) is 0.306. The van der Waals surface area contributed by atoms with Gasteiger partial charge >= 0.3 is 12.4 Å². The molecule has 0 aliphatic rings. The van der Waals surface area contributed by atoms with Crippen LogP contribution in [0.5, 0.6) is 0 Å². The van der Waals surface area contributed by atoms with Crippen molar-refractivity contribution < 1.29 is 26.3 Å². The Morgan fingerprint density at radius 3 is 2.08 bits per heavy atom. The lowest BCUT2D eigenvalue weighted by molar-refractivity contribution is -0.143. The summed E-state index contributed by atoms with van der Waals surface area (Å²) in [4.78, 5) is 7.96. The largest absolute Gasteiger partial charge is 0.416 e. The van der Waals surface area contributed by atoms with Crippen LogP contribution in [0.3, 0.4) is 0 Å². The van der Waals surface area contributed by atoms with Gasteiger partial charge in [-0.25, -0.2) is 9.97 Å². The Kier molecular flexibility index (Phi) is 5.26. The number of anilines is 1. The summed E-state index contributed by atoms with van der Waals surface area (Å²) < 4.78 is 76.7. The predicted molar refractivity (Wildman–Crippen MR) is 77.6 cm³/mol. The number of alkyl halides is 6. The zero-order chi connectivity index (χ0) is 18.0. The van der Waals surface area contributed by atoms with Gasteiger partial charge in [0.2, 0.25) is 0 Å². The predicted octanol–water partition coefficient (Wildman–Crippen LogP) is 4.85. The molecule has 2 rings (SSSR count). The fourth-order valence-electron chi connectivity index (χ4n) is 1.85. The lowest BCUT2D eigenvalue weighted by atomic mass is 10.0. The Balaban J connectivity index is 2.28. The third kappa shape index (κ3) is 4.76. The van der Waals surface area contributed by atoms with Gasteiger partial charge in [0.05, 0.1) is 11.1 Å². The van der Waals surface area contributed by atoms with E-state index in [2.05, 4.69) is 15.3 Å². The number of thioether (sulfide) groups is 1. The van der Waals surface area contributed by atoms with Crippen LogP contribution in [0.15, 0.2) is 35.6 Å². The maximum absolute atomic E-state index is 12.8. The number of benzene rings is 1. The van der Waals surface area contributed by atoms with E-state index in [1.54, 1.807) is 6.26 Å². The van der Waals surface area contributed by atoms with Gasteiger partial charge in [0, 0.05) is 12.7 Å². The first-order valence-electron chi connectivity index (χ1n) is 6.49. The van der Waals surface area contributed by atoms with Crippen LogP contribution in [0.4, 0.5) is 32.2 Å². The molecule has 1 aromatic carbocycles. The summed E-state index contributed by atoms with van der Waals surface area (Å²) in [7, 11) is 0. The van der Waals surface area contributed by atoms with Crippen LogP contribution < -0.4 is 5.32 Å². The number of halogens is 6. The molecule has 1 N–H and O–H groups in total. The molecule has 3 nitrogen and oxygen atoms in total. The third-order valence-electron chi connectivity index (χ3n) is 2.94. The zero-order valence-corrected chi connectivity index (χ0v) is 13.0. The lowest BCUT2D eigenvalue weighted by Gasteiger charge is -2.14. The first kappa shape index (κ1) is 18.4. The smallest absolute Gasteiger partial charge is 0.366 e. The summed E-state index contributed by atoms with van der Waals surface area (Å²) in [6.45, 7) is -0.238. The molecule has 0 atom stereocenters. The van der Waals surface area contributed by atoms with Crippen molar-refractivity contribution in [3.63, 3.8) is 0 Å². The van der Waals surface area contributed by atoms with E-state index < -0.39 is 23.5 Å². The van der Waals surface area contributed by atoms with Crippen LogP contribution in [0.2, 0.25) is 0 Å². The van der Waals surface area contributed by atoms with Gasteiger partial charge in [-0.1, -0.05) is 11.8 Å². The molecule has 0 radical (unpaired) electrons. The Labute approximate surface area is 137 Å². The number of nitrogens with one attached hydrogen (secondary N) is 1. The SMILES string of the molecule is CSc1nccc(NCc2cc(C(F)(F)F)cc(C(F)(F)F)c2)n1. The average molecular weight is 367 g/mol. The Morgan fingerprint density at radius 2 is 1.58 bits per heavy atom. The molecular formula is C14H11F6N3S. The average Bonchev–Trinajstić information content (AvgIpc) is 2.51. The summed E-state index contributed by atoms with van der Waals surface area (Å²) in [6.07, 6.45) is -6.55. The highest BCUT2D eigenvalue weighted by Gasteiger charge is 2.36. The van der Waals surface area contributed by atoms with E-state index in [1.807, 2.05) is 0 Å². The summed E-state index contributed by atoms with van der Waals surface area (Å²) in [5, 5.41) is 3.12. The van der Waals surface area contributed by atoms with E-state index in [-0.39, 0.29) is 18.2 Å². The Hall–Kier alpha value is -1.97. The highest BCUT2D eigenvalue weighted by atomic mass is 32.2. The van der Waals surface area contributed by atoms with E-state index >= 15 is 0 Å². The molecule has 24 heavy (non-hydrogen) atoms. The third-order valence-corrected chi connectivity index (χ3v) is 3.50. The number of hydrogen-bond donors (Lipinski definition) is 1. The fourth-order valence-corrected chi connectivity index (χ4v) is 2.21. The summed E-state index contributed by atoms with van der Waals surface area (Å²) >= 11 is 1.26. The minimum Gasteiger partial charge on any atom is -0.366 e. The first-order chi connectivity index (χ1) is 11.1. The number of aromatic nitrogens is 2. The van der Waals surface area contributed by atoms with E-state index in [4.69, 9.17) is 0 Å². The minimum absolute atomic E-state index is 0.0972. The lowest BCUT2D eigenvalue weighted by Crippen LogP contribution is -2.13. The molecule has 0 aliphatic heterocycles. The molecule has 0 aliphatic carbocycles. The van der Waals surface area contributed by atoms with Crippen LogP contribution in [0, 0.1) is 0 Å². The molecule has 1 heterocycles. The van der Waals surface area contributed by atoms with Crippen molar-refractivity contribution in [1.29, 1.82) is 0 Å². The van der Waals surface area contributed by atoms with Gasteiger partial charge in [0.25, 0.3) is 0 Å². The van der Waals surface area contributed by atoms with Crippen LogP contribution in [0.25, 0.3) is 0 Å². The quantitative estimate of drug-likeness (QED) is 0.476. The Morgan fingerprint density at radius 1 is 1.00 bits per heavy atom. The molecule has 0 bridgehead atoms. The van der Waals surface area contributed by atoms with Gasteiger partial charge in [-0.15, -0.1) is 0 Å². The molecule has 0 saturated heterocycles. The van der Waals surface area contributed by atoms with E-state index in [9.17, 15) is 26.3 Å². The van der Waals surface area contributed by atoms with Crippen LogP contribution >= 0.6 is 11.8 Å². The zero-order valence-electron chi connectivity index (χ0n) is 12.2. The number of nitrogens with zero attached hydrogens (tertiary/aromatic N) is 2. The molecule has 0 amide bonds. The number of hydrogen-bond acceptors (Lipinski definition) is 4. The summed E-state index contributed by atoms with van der Waals surface area (Å²) in [6, 6.07) is 2.93. The maximum atomic E-state index is 12.8. The molecular weight excluding hydrogens is 356 g/mol. The van der Waals surface area contributed by atoms with Crippen molar-refractivity contribution in [2.45, 2.75) is 24.1 Å². The molecule has 1 aromatic heterocycles. The normalized spacial score (nSPS) is 12.3. The second-order valence-corrected chi connectivity index (χ2v) is 5.47.